The van der Waals surface area contributed by atoms with Crippen LogP contribution >= 0.6 is 11.6 Å². The molecule has 0 atom stereocenters. The van der Waals surface area contributed by atoms with Gasteiger partial charge in [0.1, 0.15) is 13.2 Å². The SMILES string of the molecule is O=S(=O)(NC1(CCl)CCC1)c1ccc2c(c1)OCCO2. The fourth-order valence-electron chi connectivity index (χ4n) is 2.40. The smallest absolute Gasteiger partial charge is 0.241 e. The maximum absolute atomic E-state index is 12.4. The number of nitrogens with one attached hydrogen (secondary N) is 1. The largest absolute Gasteiger partial charge is 0.486 e. The summed E-state index contributed by atoms with van der Waals surface area (Å²) in [5, 5.41) is 0. The van der Waals surface area contributed by atoms with Crippen LogP contribution in [0.1, 0.15) is 19.3 Å². The summed E-state index contributed by atoms with van der Waals surface area (Å²) >= 11 is 5.90. The molecule has 1 aromatic carbocycles. The summed E-state index contributed by atoms with van der Waals surface area (Å²) in [4.78, 5) is 0.179. The van der Waals surface area contributed by atoms with Gasteiger partial charge >= 0.3 is 0 Å². The van der Waals surface area contributed by atoms with Crippen molar-refractivity contribution in [3.05, 3.63) is 18.2 Å². The van der Waals surface area contributed by atoms with Gasteiger partial charge in [-0.25, -0.2) is 13.1 Å². The molecule has 0 radical (unpaired) electrons. The number of rotatable bonds is 4. The Morgan fingerprint density at radius 3 is 2.50 bits per heavy atom. The zero-order valence-corrected chi connectivity index (χ0v) is 12.5. The number of hydrogen-bond acceptors (Lipinski definition) is 4. The highest BCUT2D eigenvalue weighted by Gasteiger charge is 2.40. The standard InChI is InChI=1S/C13H16ClNO4S/c14-9-13(4-1-5-13)15-20(16,17)10-2-3-11-12(8-10)19-7-6-18-11/h2-3,8,15H,1,4-7,9H2. The van der Waals surface area contributed by atoms with Crippen LogP contribution in [0.3, 0.4) is 0 Å². The molecule has 1 heterocycles. The Morgan fingerprint density at radius 1 is 1.20 bits per heavy atom. The lowest BCUT2D eigenvalue weighted by atomic mass is 9.79. The summed E-state index contributed by atoms with van der Waals surface area (Å²) in [6, 6.07) is 4.64. The Labute approximate surface area is 123 Å². The average molecular weight is 318 g/mol. The molecule has 0 bridgehead atoms. The van der Waals surface area contributed by atoms with Crippen LogP contribution in [0.5, 0.6) is 11.5 Å². The molecule has 0 amide bonds. The van der Waals surface area contributed by atoms with Gasteiger partial charge in [-0.2, -0.15) is 0 Å². The number of ether oxygens (including phenoxy) is 2. The third-order valence-corrected chi connectivity index (χ3v) is 5.83. The molecular formula is C13H16ClNO4S. The maximum atomic E-state index is 12.4. The van der Waals surface area contributed by atoms with Gasteiger partial charge in [0.2, 0.25) is 10.0 Å². The van der Waals surface area contributed by atoms with E-state index in [2.05, 4.69) is 4.72 Å². The molecule has 1 N–H and O–H groups in total. The van der Waals surface area contributed by atoms with Gasteiger partial charge in [0.25, 0.3) is 0 Å². The van der Waals surface area contributed by atoms with E-state index in [1.54, 1.807) is 6.07 Å². The number of sulfonamides is 1. The Balaban J connectivity index is 1.87. The summed E-state index contributed by atoms with van der Waals surface area (Å²) < 4.78 is 38.4. The van der Waals surface area contributed by atoms with E-state index < -0.39 is 15.6 Å². The van der Waals surface area contributed by atoms with Crippen LogP contribution in [0.25, 0.3) is 0 Å². The van der Waals surface area contributed by atoms with Gasteiger partial charge in [-0.1, -0.05) is 0 Å². The van der Waals surface area contributed by atoms with Crippen LogP contribution in [-0.4, -0.2) is 33.1 Å². The number of benzene rings is 1. The maximum Gasteiger partial charge on any atom is 0.241 e. The lowest BCUT2D eigenvalue weighted by Crippen LogP contribution is -2.54. The second kappa shape index (κ2) is 5.09. The van der Waals surface area contributed by atoms with Gasteiger partial charge in [-0.15, -0.1) is 11.6 Å². The van der Waals surface area contributed by atoms with Gasteiger partial charge in [0, 0.05) is 17.5 Å². The van der Waals surface area contributed by atoms with Gasteiger partial charge in [0.05, 0.1) is 4.90 Å². The Hall–Kier alpha value is -0.980. The van der Waals surface area contributed by atoms with Crippen LogP contribution in [0.15, 0.2) is 23.1 Å². The predicted octanol–water partition coefficient (Wildman–Crippen LogP) is 1.90. The fourth-order valence-corrected chi connectivity index (χ4v) is 4.29. The van der Waals surface area contributed by atoms with Gasteiger partial charge < -0.3 is 9.47 Å². The zero-order chi connectivity index (χ0) is 14.2. The van der Waals surface area contributed by atoms with Crippen molar-refractivity contribution >= 4 is 21.6 Å². The van der Waals surface area contributed by atoms with Crippen molar-refractivity contribution < 1.29 is 17.9 Å². The molecule has 1 aliphatic carbocycles. The molecule has 2 aliphatic rings. The molecule has 110 valence electrons. The number of hydrogen-bond donors (Lipinski definition) is 1. The minimum atomic E-state index is -3.59. The molecule has 1 fully saturated rings. The Morgan fingerprint density at radius 2 is 1.90 bits per heavy atom. The first-order valence-corrected chi connectivity index (χ1v) is 8.56. The lowest BCUT2D eigenvalue weighted by Gasteiger charge is -2.40. The summed E-state index contributed by atoms with van der Waals surface area (Å²) in [6.07, 6.45) is 2.55. The van der Waals surface area contributed by atoms with E-state index in [4.69, 9.17) is 21.1 Å². The van der Waals surface area contributed by atoms with Crippen LogP contribution in [0.4, 0.5) is 0 Å². The molecule has 5 nitrogen and oxygen atoms in total. The first-order chi connectivity index (χ1) is 9.55. The van der Waals surface area contributed by atoms with E-state index >= 15 is 0 Å². The summed E-state index contributed by atoms with van der Waals surface area (Å²) in [5.41, 5.74) is -0.492. The number of fused-ring (bicyclic) bond motifs is 1. The second-order valence-corrected chi connectivity index (χ2v) is 7.13. The Bertz CT molecular complexity index is 607. The molecule has 1 saturated carbocycles. The number of alkyl halides is 1. The first-order valence-electron chi connectivity index (χ1n) is 6.54. The topological polar surface area (TPSA) is 64.6 Å². The molecule has 20 heavy (non-hydrogen) atoms. The molecule has 0 spiro atoms. The van der Waals surface area contributed by atoms with E-state index in [9.17, 15) is 8.42 Å². The van der Waals surface area contributed by atoms with Crippen LogP contribution < -0.4 is 14.2 Å². The molecule has 0 saturated heterocycles. The van der Waals surface area contributed by atoms with Gasteiger partial charge in [-0.3, -0.25) is 0 Å². The van der Waals surface area contributed by atoms with E-state index in [1.807, 2.05) is 0 Å². The molecule has 1 aromatic rings. The van der Waals surface area contributed by atoms with E-state index in [0.717, 1.165) is 19.3 Å². The Kier molecular flexibility index (Phi) is 3.56. The van der Waals surface area contributed by atoms with E-state index in [-0.39, 0.29) is 10.8 Å². The minimum absolute atomic E-state index is 0.179. The quantitative estimate of drug-likeness (QED) is 0.861. The van der Waals surface area contributed by atoms with Crippen molar-refractivity contribution in [2.24, 2.45) is 0 Å². The highest BCUT2D eigenvalue weighted by Crippen LogP contribution is 2.36. The van der Waals surface area contributed by atoms with Crippen molar-refractivity contribution in [3.8, 4) is 11.5 Å². The third-order valence-electron chi connectivity index (χ3n) is 3.74. The first kappa shape index (κ1) is 14.0. The van der Waals surface area contributed by atoms with Crippen molar-refractivity contribution in [2.45, 2.75) is 29.7 Å². The minimum Gasteiger partial charge on any atom is -0.486 e. The number of halogens is 1. The molecule has 7 heteroatoms. The summed E-state index contributed by atoms with van der Waals surface area (Å²) in [6.45, 7) is 0.905. The molecular weight excluding hydrogens is 302 g/mol. The molecule has 0 aromatic heterocycles. The third kappa shape index (κ3) is 2.47. The highest BCUT2D eigenvalue weighted by molar-refractivity contribution is 7.89. The second-order valence-electron chi connectivity index (χ2n) is 5.18. The zero-order valence-electron chi connectivity index (χ0n) is 10.9. The lowest BCUT2D eigenvalue weighted by molar-refractivity contribution is 0.171. The van der Waals surface area contributed by atoms with Gasteiger partial charge in [0.15, 0.2) is 11.5 Å². The van der Waals surface area contributed by atoms with Crippen LogP contribution in [0.2, 0.25) is 0 Å². The van der Waals surface area contributed by atoms with Gasteiger partial charge in [-0.05, 0) is 31.4 Å². The van der Waals surface area contributed by atoms with Crippen LogP contribution in [-0.2, 0) is 10.0 Å². The van der Waals surface area contributed by atoms with E-state index in [0.29, 0.717) is 24.7 Å². The van der Waals surface area contributed by atoms with Crippen molar-refractivity contribution in [1.29, 1.82) is 0 Å². The predicted molar refractivity (Wildman–Crippen MR) is 75.1 cm³/mol. The average Bonchev–Trinajstić information content (AvgIpc) is 2.42. The van der Waals surface area contributed by atoms with Crippen LogP contribution in [0, 0.1) is 0 Å². The summed E-state index contributed by atoms with van der Waals surface area (Å²) in [7, 11) is -3.59. The highest BCUT2D eigenvalue weighted by atomic mass is 35.5. The normalized spacial score (nSPS) is 20.2. The fraction of sp³-hybridized carbons (Fsp3) is 0.538. The van der Waals surface area contributed by atoms with Crippen molar-refractivity contribution in [3.63, 3.8) is 0 Å². The molecule has 0 unspecified atom stereocenters. The van der Waals surface area contributed by atoms with Crippen molar-refractivity contribution in [1.82, 2.24) is 4.72 Å². The molecule has 3 rings (SSSR count). The monoisotopic (exact) mass is 317 g/mol. The summed E-state index contributed by atoms with van der Waals surface area (Å²) in [5.74, 6) is 1.33. The van der Waals surface area contributed by atoms with Crippen molar-refractivity contribution in [2.75, 3.05) is 19.1 Å². The van der Waals surface area contributed by atoms with E-state index in [1.165, 1.54) is 12.1 Å². The molecule has 1 aliphatic heterocycles.